The van der Waals surface area contributed by atoms with Gasteiger partial charge in [0.05, 0.1) is 56.9 Å². The highest BCUT2D eigenvalue weighted by Crippen LogP contribution is 2.53. The molecule has 16 rings (SSSR count). The van der Waals surface area contributed by atoms with Gasteiger partial charge in [-0.05, 0) is 139 Å². The van der Waals surface area contributed by atoms with Crippen molar-refractivity contribution in [1.29, 1.82) is 0 Å². The van der Waals surface area contributed by atoms with Gasteiger partial charge in [-0.3, -0.25) is 0 Å². The predicted molar refractivity (Wildman–Crippen MR) is 505 cm³/mol. The average Bonchev–Trinajstić information content (AvgIpc) is 0.753. The van der Waals surface area contributed by atoms with Crippen molar-refractivity contribution in [2.24, 2.45) is 0 Å². The van der Waals surface area contributed by atoms with Gasteiger partial charge in [0.25, 0.3) is 0 Å². The van der Waals surface area contributed by atoms with Crippen LogP contribution in [0.4, 0.5) is 0 Å². The normalized spacial score (nSPS) is 11.6. The molecule has 0 spiro atoms. The third-order valence-electron chi connectivity index (χ3n) is 23.2. The zero-order valence-electron chi connectivity index (χ0n) is 70.0. The Morgan fingerprint density at radius 3 is 0.366 bits per heavy atom. The number of hydrogen-bond donors (Lipinski definition) is 0. The van der Waals surface area contributed by atoms with Crippen LogP contribution < -0.4 is 118 Å². The lowest BCUT2D eigenvalue weighted by Gasteiger charge is -2.36. The molecular weight excluding hydrogens is 1590 g/mol. The first kappa shape index (κ1) is 82.7. The van der Waals surface area contributed by atoms with E-state index < -0.39 is 45.1 Å². The van der Waals surface area contributed by atoms with E-state index in [1.54, 1.807) is 56.9 Å². The topological polar surface area (TPSA) is 111 Å². The van der Waals surface area contributed by atoms with Gasteiger partial charge in [-0.1, -0.05) is 364 Å². The van der Waals surface area contributed by atoms with E-state index in [4.69, 9.17) is 55.6 Å². The van der Waals surface area contributed by atoms with E-state index in [0.717, 1.165) is 84.5 Å². The summed E-state index contributed by atoms with van der Waals surface area (Å²) in [6.07, 6.45) is 0.263. The van der Waals surface area contributed by atoms with Crippen LogP contribution >= 0.6 is 0 Å². The third-order valence-corrected chi connectivity index (χ3v) is 39.0. The number of rotatable bonds is 34. The Morgan fingerprint density at radius 2 is 0.268 bits per heavy atom. The molecule has 0 aliphatic rings. The molecule has 0 radical (unpaired) electrons. The fourth-order valence-electron chi connectivity index (χ4n) is 17.4. The van der Waals surface area contributed by atoms with Gasteiger partial charge in [-0.25, -0.2) is 0 Å². The Labute approximate surface area is 725 Å². The van der Waals surface area contributed by atoms with E-state index in [1.807, 2.05) is 72.8 Å². The summed E-state index contributed by atoms with van der Waals surface area (Å²) in [6.45, 7) is 0. The maximum atomic E-state index is 8.03. The summed E-state index contributed by atoms with van der Waals surface area (Å²) in [4.78, 5) is 0. The molecule has 16 heteroatoms. The Kier molecular flexibility index (Phi) is 25.4. The van der Waals surface area contributed by atoms with Gasteiger partial charge in [0.1, 0.15) is 0 Å². The molecule has 0 atom stereocenters. The van der Waals surface area contributed by atoms with E-state index in [2.05, 4.69) is 340 Å². The Hall–Kier alpha value is -14.0. The Bertz CT molecular complexity index is 4900. The van der Waals surface area contributed by atoms with Crippen molar-refractivity contribution in [3.8, 4) is 69.0 Å². The van der Waals surface area contributed by atoms with Crippen LogP contribution in [0.1, 0.15) is 40.5 Å². The van der Waals surface area contributed by atoms with Crippen LogP contribution in [0.25, 0.3) is 0 Å². The van der Waals surface area contributed by atoms with Crippen molar-refractivity contribution < 1.29 is 55.6 Å². The molecule has 0 saturated heterocycles. The second kappa shape index (κ2) is 37.7. The standard InChI is InChI=1S/C107H96O12Si4/c1-108-96-69-78(70-97(109-2)104(96)116-120(82-45-21-9-22-46-82,83-47-23-10-24-48-83)84-49-25-11-26-50-84)94(79-71-98(110-3)105(99(72-79)111-4)117-121(85-51-27-12-28-52-85,86-53-29-13-30-54-86)87-55-31-14-32-56-87)77-95(80-73-100(112-5)106(101(74-80)113-6)118-122(88-57-33-15-34-58-88,89-59-35-16-36-60-89)90-61-37-17-38-62-90)81-75-102(114-7)107(103(76-81)115-8)119-123(91-63-39-18-40-64-91,92-65-41-19-42-66-92)93-67-43-20-44-68-93/h9-76,94-95H,77H2,1-8H3. The second-order valence-electron chi connectivity index (χ2n) is 29.9. The molecule has 0 N–H and O–H groups in total. The van der Waals surface area contributed by atoms with Crippen molar-refractivity contribution in [1.82, 2.24) is 0 Å². The Morgan fingerprint density at radius 1 is 0.163 bits per heavy atom. The average molecular weight is 1690 g/mol. The number of methoxy groups -OCH3 is 8. The van der Waals surface area contributed by atoms with Crippen molar-refractivity contribution in [3.05, 3.63) is 435 Å². The monoisotopic (exact) mass is 1680 g/mol. The first-order chi connectivity index (χ1) is 60.6. The summed E-state index contributed by atoms with van der Waals surface area (Å²) in [6, 6.07) is 142. The maximum absolute atomic E-state index is 8.03. The fraction of sp³-hybridized carbons (Fsp3) is 0.103. The smallest absolute Gasteiger partial charge is 0.347 e. The second-order valence-corrected chi connectivity index (χ2v) is 43.1. The van der Waals surface area contributed by atoms with Crippen molar-refractivity contribution in [2.75, 3.05) is 56.9 Å². The van der Waals surface area contributed by atoms with Gasteiger partial charge in [-0.2, -0.15) is 0 Å². The van der Waals surface area contributed by atoms with Crippen LogP contribution in [0.15, 0.2) is 413 Å². The molecule has 0 bridgehead atoms. The summed E-state index contributed by atoms with van der Waals surface area (Å²) in [5.41, 5.74) is 3.10. The zero-order valence-corrected chi connectivity index (χ0v) is 74.0. The molecule has 0 fully saturated rings. The van der Waals surface area contributed by atoms with Crippen LogP contribution in [-0.4, -0.2) is 90.1 Å². The minimum atomic E-state index is -3.57. The minimum Gasteiger partial charge on any atom is -0.525 e. The molecule has 0 aliphatic heterocycles. The first-order valence-electron chi connectivity index (χ1n) is 41.1. The Balaban J connectivity index is 0.970. The molecule has 0 amide bonds. The molecule has 12 nitrogen and oxygen atoms in total. The van der Waals surface area contributed by atoms with Crippen LogP contribution in [0.2, 0.25) is 0 Å². The zero-order chi connectivity index (χ0) is 84.6. The van der Waals surface area contributed by atoms with E-state index in [9.17, 15) is 0 Å². The number of benzene rings is 16. The third kappa shape index (κ3) is 16.2. The van der Waals surface area contributed by atoms with Crippen LogP contribution in [-0.2, 0) is 0 Å². The quantitative estimate of drug-likeness (QED) is 0.0283. The summed E-state index contributed by atoms with van der Waals surface area (Å²) in [5, 5.41) is 12.2. The first-order valence-corrected chi connectivity index (χ1v) is 48.7. The van der Waals surface area contributed by atoms with Gasteiger partial charge in [0.15, 0.2) is 69.0 Å². The highest BCUT2D eigenvalue weighted by molar-refractivity contribution is 7.09. The molecule has 123 heavy (non-hydrogen) atoms. The van der Waals surface area contributed by atoms with Gasteiger partial charge >= 0.3 is 33.3 Å². The molecule has 612 valence electrons. The highest BCUT2D eigenvalue weighted by Gasteiger charge is 2.50. The maximum Gasteiger partial charge on any atom is 0.347 e. The van der Waals surface area contributed by atoms with Crippen LogP contribution in [0, 0.1) is 0 Å². The fourth-order valence-corrected chi connectivity index (χ4v) is 32.8. The summed E-state index contributed by atoms with van der Waals surface area (Å²) < 4.78 is 86.7. The van der Waals surface area contributed by atoms with E-state index in [1.165, 1.54) is 0 Å². The van der Waals surface area contributed by atoms with Gasteiger partial charge in [-0.15, -0.1) is 0 Å². The lowest BCUT2D eigenvalue weighted by Crippen LogP contribution is -2.71. The van der Waals surface area contributed by atoms with Crippen molar-refractivity contribution >= 4 is 95.5 Å². The summed E-state index contributed by atoms with van der Waals surface area (Å²) in [5.74, 6) is 3.73. The molecule has 0 heterocycles. The molecule has 0 aliphatic carbocycles. The van der Waals surface area contributed by atoms with E-state index in [-0.39, 0.29) is 6.42 Å². The molecular formula is C107H96O12Si4. The molecule has 16 aromatic rings. The van der Waals surface area contributed by atoms with Crippen molar-refractivity contribution in [2.45, 2.75) is 18.3 Å². The van der Waals surface area contributed by atoms with Crippen LogP contribution in [0.3, 0.4) is 0 Å². The minimum absolute atomic E-state index is 0.263. The summed E-state index contributed by atoms with van der Waals surface area (Å²) in [7, 11) is -0.817. The lowest BCUT2D eigenvalue weighted by molar-refractivity contribution is 0.358. The SMILES string of the molecule is COc1cc(C(CC(c2cc(OC)c(O[Si](c3ccccc3)(c3ccccc3)c3ccccc3)c(OC)c2)c2cc(OC)c(O[Si](c3ccccc3)(c3ccccc3)c3ccccc3)c(OC)c2)c2cc(OC)c(O[Si](c3ccccc3)(c3ccccc3)c3ccccc3)c(OC)c2)cc(OC)c1O[Si](c1ccccc1)(c1ccccc1)c1ccccc1. The lowest BCUT2D eigenvalue weighted by atomic mass is 9.77. The largest absolute Gasteiger partial charge is 0.525 e. The molecule has 0 saturated carbocycles. The number of ether oxygens (including phenoxy) is 8. The molecule has 16 aromatic carbocycles. The predicted octanol–water partition coefficient (Wildman–Crippen LogP) is 15.3. The molecule has 0 unspecified atom stereocenters. The van der Waals surface area contributed by atoms with Crippen molar-refractivity contribution in [3.63, 3.8) is 0 Å². The number of hydrogen-bond acceptors (Lipinski definition) is 12. The molecule has 0 aromatic heterocycles. The summed E-state index contributed by atoms with van der Waals surface area (Å²) >= 11 is 0. The van der Waals surface area contributed by atoms with E-state index in [0.29, 0.717) is 69.0 Å². The van der Waals surface area contributed by atoms with Gasteiger partial charge in [0, 0.05) is 11.8 Å². The van der Waals surface area contributed by atoms with E-state index >= 15 is 0 Å². The highest BCUT2D eigenvalue weighted by atomic mass is 28.4. The van der Waals surface area contributed by atoms with Gasteiger partial charge < -0.3 is 55.6 Å². The van der Waals surface area contributed by atoms with Crippen LogP contribution in [0.5, 0.6) is 69.0 Å². The van der Waals surface area contributed by atoms with Gasteiger partial charge in [0.2, 0.25) is 0 Å².